The van der Waals surface area contributed by atoms with Gasteiger partial charge in [0, 0.05) is 18.3 Å². The smallest absolute Gasteiger partial charge is 0.189 e. The van der Waals surface area contributed by atoms with Gasteiger partial charge in [-0.1, -0.05) is 24.3 Å². The molecule has 142 valence electrons. The summed E-state index contributed by atoms with van der Waals surface area (Å²) in [6.07, 6.45) is 0. The van der Waals surface area contributed by atoms with Crippen molar-refractivity contribution in [1.29, 1.82) is 0 Å². The molecular weight excluding hydrogens is 598 g/mol. The lowest BCUT2D eigenvalue weighted by atomic mass is 9.93. The van der Waals surface area contributed by atoms with E-state index in [0.29, 0.717) is 4.90 Å². The molecule has 0 aliphatic carbocycles. The van der Waals surface area contributed by atoms with E-state index in [1.807, 2.05) is 18.2 Å². The molecule has 4 rings (SSSR count). The summed E-state index contributed by atoms with van der Waals surface area (Å²) in [5.41, 5.74) is 1.82. The standard InChI is InChI=1S/C22H16I2O3S/c1-26-19-9-3-13-11-15(23)5-7-17(13)21(19)22-18-8-6-16(24)12-14(18)4-10-20(22)28(25)27-2/h3-12H,1-2H3. The molecule has 4 aromatic rings. The summed E-state index contributed by atoms with van der Waals surface area (Å²) in [5.74, 6) is 0.745. The van der Waals surface area contributed by atoms with Crippen molar-refractivity contribution in [2.24, 2.45) is 0 Å². The summed E-state index contributed by atoms with van der Waals surface area (Å²) in [4.78, 5) is 0.639. The Kier molecular flexibility index (Phi) is 5.91. The minimum Gasteiger partial charge on any atom is -0.496 e. The third-order valence-corrected chi connectivity index (χ3v) is 7.03. The topological polar surface area (TPSA) is 35.5 Å². The molecule has 1 atom stereocenters. The lowest BCUT2D eigenvalue weighted by molar-refractivity contribution is 0.417. The van der Waals surface area contributed by atoms with Gasteiger partial charge in [-0.05, 0) is 103 Å². The molecule has 0 N–H and O–H groups in total. The van der Waals surface area contributed by atoms with Crippen LogP contribution < -0.4 is 4.74 Å². The van der Waals surface area contributed by atoms with Gasteiger partial charge in [0.15, 0.2) is 11.1 Å². The molecule has 0 radical (unpaired) electrons. The second kappa shape index (κ2) is 8.25. The van der Waals surface area contributed by atoms with Crippen molar-refractivity contribution in [2.45, 2.75) is 4.90 Å². The van der Waals surface area contributed by atoms with E-state index in [0.717, 1.165) is 45.6 Å². The highest BCUT2D eigenvalue weighted by Crippen LogP contribution is 2.44. The molecule has 28 heavy (non-hydrogen) atoms. The van der Waals surface area contributed by atoms with Crippen LogP contribution in [0.15, 0.2) is 65.6 Å². The first-order valence-electron chi connectivity index (χ1n) is 8.48. The summed E-state index contributed by atoms with van der Waals surface area (Å²) in [6, 6.07) is 20.5. The van der Waals surface area contributed by atoms with Gasteiger partial charge in [-0.25, -0.2) is 4.21 Å². The molecule has 0 fully saturated rings. The minimum atomic E-state index is -1.58. The monoisotopic (exact) mass is 614 g/mol. The van der Waals surface area contributed by atoms with Gasteiger partial charge in [0.1, 0.15) is 5.75 Å². The maximum atomic E-state index is 12.8. The third-order valence-electron chi connectivity index (χ3n) is 4.69. The first kappa shape index (κ1) is 20.1. The number of fused-ring (bicyclic) bond motifs is 2. The van der Waals surface area contributed by atoms with E-state index in [-0.39, 0.29) is 0 Å². The SMILES string of the molecule is COc1ccc2cc(I)ccc2c1-c1c(S(=O)OC)ccc2cc(I)ccc12. The summed E-state index contributed by atoms with van der Waals surface area (Å²) in [5, 5.41) is 4.27. The molecule has 0 aliphatic rings. The van der Waals surface area contributed by atoms with Crippen LogP contribution in [0.3, 0.4) is 0 Å². The van der Waals surface area contributed by atoms with Crippen LogP contribution in [0.1, 0.15) is 0 Å². The normalized spacial score (nSPS) is 12.4. The summed E-state index contributed by atoms with van der Waals surface area (Å²) >= 11 is 3.04. The van der Waals surface area contributed by atoms with Crippen molar-refractivity contribution < 1.29 is 13.1 Å². The molecule has 6 heteroatoms. The predicted octanol–water partition coefficient (Wildman–Crippen LogP) is 6.55. The first-order valence-corrected chi connectivity index (χ1v) is 11.7. The fraction of sp³-hybridized carbons (Fsp3) is 0.0909. The van der Waals surface area contributed by atoms with Gasteiger partial charge in [-0.15, -0.1) is 0 Å². The molecule has 4 aromatic carbocycles. The van der Waals surface area contributed by atoms with E-state index in [1.54, 1.807) is 7.11 Å². The Balaban J connectivity index is 2.21. The lowest BCUT2D eigenvalue weighted by Gasteiger charge is -2.18. The second-order valence-electron chi connectivity index (χ2n) is 6.21. The number of halogens is 2. The minimum absolute atomic E-state index is 0.639. The van der Waals surface area contributed by atoms with E-state index >= 15 is 0 Å². The van der Waals surface area contributed by atoms with Gasteiger partial charge in [-0.3, -0.25) is 4.18 Å². The lowest BCUT2D eigenvalue weighted by Crippen LogP contribution is -2.00. The highest BCUT2D eigenvalue weighted by Gasteiger charge is 2.21. The molecule has 0 aliphatic heterocycles. The van der Waals surface area contributed by atoms with Gasteiger partial charge >= 0.3 is 0 Å². The van der Waals surface area contributed by atoms with Crippen LogP contribution in [0, 0.1) is 7.14 Å². The van der Waals surface area contributed by atoms with E-state index < -0.39 is 11.1 Å². The van der Waals surface area contributed by atoms with Crippen LogP contribution in [0.2, 0.25) is 0 Å². The fourth-order valence-electron chi connectivity index (χ4n) is 3.48. The molecule has 0 saturated carbocycles. The summed E-state index contributed by atoms with van der Waals surface area (Å²) in [6.45, 7) is 0. The number of methoxy groups -OCH3 is 1. The highest BCUT2D eigenvalue weighted by molar-refractivity contribution is 14.1. The Hall–Kier alpha value is -1.23. The van der Waals surface area contributed by atoms with Crippen molar-refractivity contribution in [2.75, 3.05) is 14.2 Å². The summed E-state index contributed by atoms with van der Waals surface area (Å²) < 4.78 is 26.0. The number of benzene rings is 4. The molecule has 0 saturated heterocycles. The fourth-order valence-corrected chi connectivity index (χ4v) is 5.24. The Morgan fingerprint density at radius 1 is 0.750 bits per heavy atom. The van der Waals surface area contributed by atoms with Crippen molar-refractivity contribution in [3.05, 3.63) is 67.8 Å². The molecule has 0 heterocycles. The largest absolute Gasteiger partial charge is 0.496 e. The maximum absolute atomic E-state index is 12.8. The van der Waals surface area contributed by atoms with Crippen molar-refractivity contribution in [3.8, 4) is 16.9 Å². The van der Waals surface area contributed by atoms with Gasteiger partial charge in [0.05, 0.1) is 19.1 Å². The summed E-state index contributed by atoms with van der Waals surface area (Å²) in [7, 11) is 3.12. The molecule has 0 aromatic heterocycles. The van der Waals surface area contributed by atoms with Crippen LogP contribution in [0.5, 0.6) is 5.75 Å². The predicted molar refractivity (Wildman–Crippen MR) is 132 cm³/mol. The van der Waals surface area contributed by atoms with Gasteiger partial charge in [0.2, 0.25) is 0 Å². The van der Waals surface area contributed by atoms with Crippen molar-refractivity contribution in [1.82, 2.24) is 0 Å². The molecular formula is C22H16I2O3S. The van der Waals surface area contributed by atoms with Crippen LogP contribution in [0.4, 0.5) is 0 Å². The molecule has 1 unspecified atom stereocenters. The van der Waals surface area contributed by atoms with E-state index in [1.165, 1.54) is 7.11 Å². The Bertz CT molecular complexity index is 1240. The number of hydrogen-bond donors (Lipinski definition) is 0. The first-order chi connectivity index (χ1) is 13.5. The zero-order chi connectivity index (χ0) is 19.8. The Morgan fingerprint density at radius 2 is 1.32 bits per heavy atom. The molecule has 0 spiro atoms. The zero-order valence-corrected chi connectivity index (χ0v) is 20.3. The van der Waals surface area contributed by atoms with E-state index in [2.05, 4.69) is 87.6 Å². The average Bonchev–Trinajstić information content (AvgIpc) is 2.71. The number of hydrogen-bond acceptors (Lipinski definition) is 3. The number of rotatable bonds is 4. The average molecular weight is 614 g/mol. The highest BCUT2D eigenvalue weighted by atomic mass is 127. The molecule has 0 amide bonds. The van der Waals surface area contributed by atoms with Gasteiger partial charge in [0.25, 0.3) is 0 Å². The Morgan fingerprint density at radius 3 is 1.89 bits per heavy atom. The van der Waals surface area contributed by atoms with Gasteiger partial charge in [-0.2, -0.15) is 0 Å². The quantitative estimate of drug-likeness (QED) is 0.245. The van der Waals surface area contributed by atoms with E-state index in [9.17, 15) is 4.21 Å². The maximum Gasteiger partial charge on any atom is 0.189 e. The van der Waals surface area contributed by atoms with E-state index in [4.69, 9.17) is 8.92 Å². The van der Waals surface area contributed by atoms with Crippen molar-refractivity contribution >= 4 is 77.8 Å². The molecule has 3 nitrogen and oxygen atoms in total. The van der Waals surface area contributed by atoms with Gasteiger partial charge < -0.3 is 4.74 Å². The zero-order valence-electron chi connectivity index (χ0n) is 15.2. The Labute approximate surface area is 193 Å². The van der Waals surface area contributed by atoms with Crippen LogP contribution in [-0.2, 0) is 15.3 Å². The second-order valence-corrected chi connectivity index (χ2v) is 9.95. The third kappa shape index (κ3) is 3.55. The number of ether oxygens (including phenoxy) is 1. The van der Waals surface area contributed by atoms with Crippen LogP contribution in [-0.4, -0.2) is 18.4 Å². The molecule has 0 bridgehead atoms. The van der Waals surface area contributed by atoms with Crippen LogP contribution in [0.25, 0.3) is 32.7 Å². The van der Waals surface area contributed by atoms with Crippen molar-refractivity contribution in [3.63, 3.8) is 0 Å². The van der Waals surface area contributed by atoms with Crippen LogP contribution >= 0.6 is 45.2 Å².